The second kappa shape index (κ2) is 6.86. The van der Waals surface area contributed by atoms with Crippen molar-refractivity contribution in [2.75, 3.05) is 7.11 Å². The number of hydrogen-bond donors (Lipinski definition) is 3. The molecule has 0 aliphatic rings. The van der Waals surface area contributed by atoms with Gasteiger partial charge in [-0.2, -0.15) is 0 Å². The van der Waals surface area contributed by atoms with Crippen LogP contribution in [-0.2, 0) is 11.2 Å². The van der Waals surface area contributed by atoms with E-state index in [4.69, 9.17) is 4.74 Å². The average molecular weight is 333 g/mol. The summed E-state index contributed by atoms with van der Waals surface area (Å²) >= 11 is 0. The van der Waals surface area contributed by atoms with Gasteiger partial charge in [-0.3, -0.25) is 14.9 Å². The van der Waals surface area contributed by atoms with Crippen LogP contribution >= 0.6 is 0 Å². The minimum Gasteiger partial charge on any atom is -0.508 e. The van der Waals surface area contributed by atoms with Gasteiger partial charge in [-0.25, -0.2) is 0 Å². The number of nitro benzene ring substituents is 1. The van der Waals surface area contributed by atoms with Gasteiger partial charge in [-0.05, 0) is 12.5 Å². The number of carbonyl (C=O) groups is 1. The first-order valence-corrected chi connectivity index (χ1v) is 6.90. The summed E-state index contributed by atoms with van der Waals surface area (Å²) in [4.78, 5) is 21.7. The third kappa shape index (κ3) is 3.37. The Kier molecular flexibility index (Phi) is 4.88. The van der Waals surface area contributed by atoms with Crippen LogP contribution in [0.25, 0.3) is 0 Å². The van der Waals surface area contributed by atoms with Gasteiger partial charge in [0.25, 0.3) is 0 Å². The molecule has 0 amide bonds. The highest BCUT2D eigenvalue weighted by Gasteiger charge is 2.27. The highest BCUT2D eigenvalue weighted by molar-refractivity contribution is 5.78. The molecule has 1 unspecified atom stereocenters. The second-order valence-corrected chi connectivity index (χ2v) is 5.06. The van der Waals surface area contributed by atoms with Crippen LogP contribution in [0.15, 0.2) is 36.4 Å². The Balaban J connectivity index is 2.48. The smallest absolute Gasteiger partial charge is 0.311 e. The van der Waals surface area contributed by atoms with Crippen molar-refractivity contribution < 1.29 is 29.8 Å². The summed E-state index contributed by atoms with van der Waals surface area (Å²) in [6.45, 7) is 0. The van der Waals surface area contributed by atoms with E-state index in [9.17, 15) is 30.2 Å². The van der Waals surface area contributed by atoms with Crippen LogP contribution in [0.3, 0.4) is 0 Å². The van der Waals surface area contributed by atoms with Crippen molar-refractivity contribution in [3.63, 3.8) is 0 Å². The molecule has 0 bridgehead atoms. The lowest BCUT2D eigenvalue weighted by Gasteiger charge is -2.17. The van der Waals surface area contributed by atoms with Crippen molar-refractivity contribution in [2.24, 2.45) is 0 Å². The third-order valence-electron chi connectivity index (χ3n) is 3.61. The predicted molar refractivity (Wildman–Crippen MR) is 83.5 cm³/mol. The van der Waals surface area contributed by atoms with Gasteiger partial charge >= 0.3 is 11.7 Å². The van der Waals surface area contributed by atoms with Crippen molar-refractivity contribution in [2.45, 2.75) is 12.3 Å². The minimum absolute atomic E-state index is 0.0396. The number of hydrogen-bond acceptors (Lipinski definition) is 6. The van der Waals surface area contributed by atoms with Crippen LogP contribution in [0.4, 0.5) is 5.69 Å². The summed E-state index contributed by atoms with van der Waals surface area (Å²) in [5.74, 6) is -3.01. The molecule has 0 saturated carbocycles. The number of phenols is 2. The topological polar surface area (TPSA) is 130 Å². The highest BCUT2D eigenvalue weighted by Crippen LogP contribution is 2.37. The van der Waals surface area contributed by atoms with Crippen LogP contribution in [0.1, 0.15) is 17.0 Å². The summed E-state index contributed by atoms with van der Waals surface area (Å²) in [5, 5.41) is 39.8. The van der Waals surface area contributed by atoms with E-state index in [0.29, 0.717) is 11.3 Å². The van der Waals surface area contributed by atoms with Crippen molar-refractivity contribution in [3.05, 3.63) is 57.6 Å². The maximum absolute atomic E-state index is 11.6. The van der Waals surface area contributed by atoms with Crippen LogP contribution in [0, 0.1) is 10.1 Å². The number of ether oxygens (including phenoxy) is 1. The average Bonchev–Trinajstić information content (AvgIpc) is 2.53. The van der Waals surface area contributed by atoms with E-state index in [1.807, 2.05) is 0 Å². The molecule has 0 aromatic heterocycles. The molecule has 8 heteroatoms. The summed E-state index contributed by atoms with van der Waals surface area (Å²) in [6, 6.07) is 8.30. The molecule has 0 heterocycles. The monoisotopic (exact) mass is 333 g/mol. The van der Waals surface area contributed by atoms with E-state index in [2.05, 4.69) is 0 Å². The first kappa shape index (κ1) is 17.1. The highest BCUT2D eigenvalue weighted by atomic mass is 16.6. The molecule has 126 valence electrons. The van der Waals surface area contributed by atoms with Gasteiger partial charge in [0.15, 0.2) is 5.75 Å². The predicted octanol–water partition coefficient (Wildman–Crippen LogP) is 2.43. The van der Waals surface area contributed by atoms with E-state index in [-0.39, 0.29) is 12.0 Å². The Bertz CT molecular complexity index is 788. The molecule has 2 aromatic rings. The molecule has 0 aliphatic carbocycles. The number of carboxylic acid groups (broad SMARTS) is 1. The number of benzene rings is 2. The van der Waals surface area contributed by atoms with Gasteiger partial charge in [0.1, 0.15) is 11.5 Å². The lowest BCUT2D eigenvalue weighted by atomic mass is 9.90. The van der Waals surface area contributed by atoms with Crippen LogP contribution < -0.4 is 4.74 Å². The fourth-order valence-electron chi connectivity index (χ4n) is 2.42. The largest absolute Gasteiger partial charge is 0.508 e. The Labute approximate surface area is 136 Å². The minimum atomic E-state index is -1.17. The van der Waals surface area contributed by atoms with Crippen molar-refractivity contribution in [1.82, 2.24) is 0 Å². The molecule has 2 aromatic carbocycles. The maximum atomic E-state index is 11.6. The molecule has 1 atom stereocenters. The molecular formula is C16H15NO7. The first-order valence-electron chi connectivity index (χ1n) is 6.90. The van der Waals surface area contributed by atoms with Crippen molar-refractivity contribution in [1.29, 1.82) is 0 Å². The second-order valence-electron chi connectivity index (χ2n) is 5.06. The number of nitrogens with zero attached hydrogens (tertiary/aromatic N) is 1. The molecule has 0 saturated heterocycles. The molecule has 8 nitrogen and oxygen atoms in total. The lowest BCUT2D eigenvalue weighted by Crippen LogP contribution is -2.15. The number of aromatic hydroxyl groups is 2. The molecule has 3 N–H and O–H groups in total. The zero-order valence-electron chi connectivity index (χ0n) is 12.7. The molecule has 0 fully saturated rings. The van der Waals surface area contributed by atoms with E-state index >= 15 is 0 Å². The van der Waals surface area contributed by atoms with Crippen molar-refractivity contribution >= 4 is 11.7 Å². The quantitative estimate of drug-likeness (QED) is 0.546. The van der Waals surface area contributed by atoms with Gasteiger partial charge in [-0.15, -0.1) is 0 Å². The molecular weight excluding hydrogens is 318 g/mol. The maximum Gasteiger partial charge on any atom is 0.311 e. The number of rotatable bonds is 6. The van der Waals surface area contributed by atoms with E-state index < -0.39 is 34.0 Å². The molecule has 0 radical (unpaired) electrons. The zero-order chi connectivity index (χ0) is 17.9. The Morgan fingerprint density at radius 3 is 2.50 bits per heavy atom. The number of para-hydroxylation sites is 1. The molecule has 24 heavy (non-hydrogen) atoms. The summed E-state index contributed by atoms with van der Waals surface area (Å²) in [5.41, 5.74) is -0.188. The van der Waals surface area contributed by atoms with Gasteiger partial charge < -0.3 is 20.1 Å². The number of nitro groups is 1. The van der Waals surface area contributed by atoms with Crippen LogP contribution in [-0.4, -0.2) is 33.3 Å². The zero-order valence-corrected chi connectivity index (χ0v) is 12.7. The third-order valence-corrected chi connectivity index (χ3v) is 3.61. The molecule has 2 rings (SSSR count). The van der Waals surface area contributed by atoms with E-state index in [0.717, 1.165) is 12.1 Å². The SMILES string of the molecule is COc1ccccc1C(Cc1cc([N+](=O)[O-])c(O)cc1O)C(=O)O. The molecule has 0 spiro atoms. The van der Waals surface area contributed by atoms with Crippen LogP contribution in [0.2, 0.25) is 0 Å². The number of aliphatic carboxylic acids is 1. The summed E-state index contributed by atoms with van der Waals surface area (Å²) < 4.78 is 5.15. The standard InChI is InChI=1S/C16H15NO7/c1-24-15-5-3-2-4-10(15)11(16(20)21)6-9-7-12(17(22)23)14(19)8-13(9)18/h2-5,7-8,11,18-19H,6H2,1H3,(H,20,21). The van der Waals surface area contributed by atoms with Crippen molar-refractivity contribution in [3.8, 4) is 17.2 Å². The fourth-order valence-corrected chi connectivity index (χ4v) is 2.42. The number of phenolic OH excluding ortho intramolecular Hbond substituents is 2. The molecule has 0 aliphatic heterocycles. The van der Waals surface area contributed by atoms with Gasteiger partial charge in [0.05, 0.1) is 18.0 Å². The summed E-state index contributed by atoms with van der Waals surface area (Å²) in [6.07, 6.45) is -0.206. The Morgan fingerprint density at radius 2 is 1.92 bits per heavy atom. The van der Waals surface area contributed by atoms with Crippen LogP contribution in [0.5, 0.6) is 17.2 Å². The first-order chi connectivity index (χ1) is 11.3. The van der Waals surface area contributed by atoms with E-state index in [1.54, 1.807) is 24.3 Å². The number of carboxylic acids is 1. The normalized spacial score (nSPS) is 11.7. The van der Waals surface area contributed by atoms with E-state index in [1.165, 1.54) is 7.11 Å². The Hall–Kier alpha value is -3.29. The van der Waals surface area contributed by atoms with Gasteiger partial charge in [0, 0.05) is 23.3 Å². The fraction of sp³-hybridized carbons (Fsp3) is 0.188. The summed E-state index contributed by atoms with van der Waals surface area (Å²) in [7, 11) is 1.40. The Morgan fingerprint density at radius 1 is 1.25 bits per heavy atom. The van der Waals surface area contributed by atoms with Gasteiger partial charge in [0.2, 0.25) is 0 Å². The van der Waals surface area contributed by atoms with Gasteiger partial charge in [-0.1, -0.05) is 18.2 Å². The lowest BCUT2D eigenvalue weighted by molar-refractivity contribution is -0.385. The number of methoxy groups -OCH3 is 1.